The molecule has 0 spiro atoms. The number of para-hydroxylation sites is 1. The van der Waals surface area contributed by atoms with Crippen LogP contribution in [0.15, 0.2) is 78.5 Å². The van der Waals surface area contributed by atoms with Crippen molar-refractivity contribution >= 4 is 34.6 Å². The first-order chi connectivity index (χ1) is 14.3. The third-order valence-electron chi connectivity index (χ3n) is 4.27. The molecule has 0 fully saturated rings. The Morgan fingerprint density at radius 3 is 2.07 bits per heavy atom. The number of nitrogens with two attached hydrogens (primary N) is 3. The molecule has 3 aromatic carbocycles. The van der Waals surface area contributed by atoms with Gasteiger partial charge in [-0.2, -0.15) is 0 Å². The first-order valence-corrected chi connectivity index (χ1v) is 8.93. The van der Waals surface area contributed by atoms with Gasteiger partial charge in [0.25, 0.3) is 11.8 Å². The van der Waals surface area contributed by atoms with Crippen molar-refractivity contribution in [3.8, 4) is 0 Å². The molecule has 0 radical (unpaired) electrons. The first kappa shape index (κ1) is 20.4. The van der Waals surface area contributed by atoms with E-state index in [0.29, 0.717) is 16.9 Å². The lowest BCUT2D eigenvalue weighted by Gasteiger charge is -2.16. The highest BCUT2D eigenvalue weighted by molar-refractivity contribution is 6.05. The largest absolute Gasteiger partial charge is 0.398 e. The highest BCUT2D eigenvalue weighted by Crippen LogP contribution is 2.26. The molecule has 3 rings (SSSR count). The molecule has 0 aliphatic heterocycles. The standard InChI is InChI=1S/C22H20FN5O2/c23-14-8-11-18(24)17(12-14)20(19(25)21(26)29)27-16-9-6-13(7-10-16)22(30)28-15-4-2-1-3-5-15/h1-12,27H,24-25H2,(H2,26,29)(H,28,30)/b20-19+. The molecule has 0 aliphatic carbocycles. The maximum absolute atomic E-state index is 13.7. The third kappa shape index (κ3) is 4.74. The number of rotatable bonds is 6. The van der Waals surface area contributed by atoms with E-state index in [9.17, 15) is 14.0 Å². The van der Waals surface area contributed by atoms with Crippen molar-refractivity contribution in [2.75, 3.05) is 16.4 Å². The van der Waals surface area contributed by atoms with E-state index >= 15 is 0 Å². The van der Waals surface area contributed by atoms with E-state index in [2.05, 4.69) is 10.6 Å². The number of amides is 2. The van der Waals surface area contributed by atoms with E-state index < -0.39 is 11.7 Å². The van der Waals surface area contributed by atoms with Crippen LogP contribution >= 0.6 is 0 Å². The number of hydrogen-bond donors (Lipinski definition) is 5. The van der Waals surface area contributed by atoms with Gasteiger partial charge in [0.15, 0.2) is 0 Å². The van der Waals surface area contributed by atoms with Crippen molar-refractivity contribution in [1.82, 2.24) is 0 Å². The fourth-order valence-corrected chi connectivity index (χ4v) is 2.72. The second kappa shape index (κ2) is 8.78. The normalized spacial score (nSPS) is 11.4. The fraction of sp³-hybridized carbons (Fsp3) is 0. The summed E-state index contributed by atoms with van der Waals surface area (Å²) in [6, 6.07) is 19.2. The minimum absolute atomic E-state index is 0.0704. The van der Waals surface area contributed by atoms with Gasteiger partial charge in [0.2, 0.25) is 0 Å². The molecule has 0 atom stereocenters. The number of carbonyl (C=O) groups is 2. The lowest BCUT2D eigenvalue weighted by molar-refractivity contribution is -0.114. The Morgan fingerprint density at radius 1 is 0.800 bits per heavy atom. The molecule has 0 aliphatic rings. The Kier molecular flexibility index (Phi) is 5.97. The van der Waals surface area contributed by atoms with E-state index in [1.165, 1.54) is 12.1 Å². The van der Waals surface area contributed by atoms with Crippen LogP contribution in [0.4, 0.5) is 21.5 Å². The molecule has 8 N–H and O–H groups in total. The number of anilines is 3. The van der Waals surface area contributed by atoms with Crippen LogP contribution < -0.4 is 27.8 Å². The summed E-state index contributed by atoms with van der Waals surface area (Å²) in [7, 11) is 0. The van der Waals surface area contributed by atoms with Gasteiger partial charge in [-0.25, -0.2) is 4.39 Å². The van der Waals surface area contributed by atoms with Gasteiger partial charge in [-0.1, -0.05) is 18.2 Å². The second-order valence-electron chi connectivity index (χ2n) is 6.41. The molecule has 0 heterocycles. The number of carbonyl (C=O) groups excluding carboxylic acids is 2. The van der Waals surface area contributed by atoms with Crippen molar-refractivity contribution < 1.29 is 14.0 Å². The van der Waals surface area contributed by atoms with E-state index in [1.54, 1.807) is 36.4 Å². The van der Waals surface area contributed by atoms with Crippen LogP contribution in [0.25, 0.3) is 5.70 Å². The Labute approximate surface area is 172 Å². The van der Waals surface area contributed by atoms with Crippen molar-refractivity contribution in [2.45, 2.75) is 0 Å². The minimum atomic E-state index is -0.889. The average molecular weight is 405 g/mol. The Morgan fingerprint density at radius 2 is 1.43 bits per heavy atom. The second-order valence-corrected chi connectivity index (χ2v) is 6.41. The van der Waals surface area contributed by atoms with E-state index in [1.807, 2.05) is 18.2 Å². The van der Waals surface area contributed by atoms with Gasteiger partial charge in [-0.3, -0.25) is 9.59 Å². The molecule has 0 unspecified atom stereocenters. The summed E-state index contributed by atoms with van der Waals surface area (Å²) in [5.74, 6) is -1.72. The summed E-state index contributed by atoms with van der Waals surface area (Å²) in [5, 5.41) is 5.72. The number of nitrogens with one attached hydrogen (secondary N) is 2. The molecule has 8 heteroatoms. The number of benzene rings is 3. The zero-order valence-electron chi connectivity index (χ0n) is 15.9. The molecule has 0 bridgehead atoms. The highest BCUT2D eigenvalue weighted by Gasteiger charge is 2.16. The van der Waals surface area contributed by atoms with Crippen LogP contribution in [-0.4, -0.2) is 11.8 Å². The van der Waals surface area contributed by atoms with Crippen molar-refractivity contribution in [2.24, 2.45) is 11.5 Å². The summed E-state index contributed by atoms with van der Waals surface area (Å²) >= 11 is 0. The SMILES string of the molecule is NC(=O)/C(N)=C(\Nc1ccc(C(=O)Nc2ccccc2)cc1)c1cc(F)ccc1N. The van der Waals surface area contributed by atoms with Gasteiger partial charge in [0.05, 0.1) is 5.70 Å². The third-order valence-corrected chi connectivity index (χ3v) is 4.27. The molecular weight excluding hydrogens is 385 g/mol. The van der Waals surface area contributed by atoms with E-state index in [0.717, 1.165) is 6.07 Å². The van der Waals surface area contributed by atoms with Gasteiger partial charge in [0.1, 0.15) is 11.5 Å². The molecule has 0 aromatic heterocycles. The fourth-order valence-electron chi connectivity index (χ4n) is 2.72. The average Bonchev–Trinajstić information content (AvgIpc) is 2.74. The van der Waals surface area contributed by atoms with Crippen molar-refractivity contribution in [1.29, 1.82) is 0 Å². The predicted molar refractivity (Wildman–Crippen MR) is 116 cm³/mol. The quantitative estimate of drug-likeness (QED) is 0.317. The molecular formula is C22H20FN5O2. The van der Waals surface area contributed by atoms with Gasteiger partial charge in [-0.15, -0.1) is 0 Å². The van der Waals surface area contributed by atoms with Crippen LogP contribution in [0.5, 0.6) is 0 Å². The van der Waals surface area contributed by atoms with Crippen LogP contribution in [0.1, 0.15) is 15.9 Å². The molecule has 2 amide bonds. The number of primary amides is 1. The van der Waals surface area contributed by atoms with Gasteiger partial charge in [0, 0.05) is 28.2 Å². The summed E-state index contributed by atoms with van der Waals surface area (Å²) < 4.78 is 13.7. The number of nitrogen functional groups attached to an aromatic ring is 1. The molecule has 30 heavy (non-hydrogen) atoms. The van der Waals surface area contributed by atoms with Crippen LogP contribution in [0.2, 0.25) is 0 Å². The zero-order valence-corrected chi connectivity index (χ0v) is 15.9. The predicted octanol–water partition coefficient (Wildman–Crippen LogP) is 2.88. The van der Waals surface area contributed by atoms with Crippen molar-refractivity contribution in [3.05, 3.63) is 95.4 Å². The maximum atomic E-state index is 13.7. The molecule has 3 aromatic rings. The van der Waals surface area contributed by atoms with Crippen LogP contribution in [0, 0.1) is 5.82 Å². The van der Waals surface area contributed by atoms with Crippen LogP contribution in [-0.2, 0) is 4.79 Å². The summed E-state index contributed by atoms with van der Waals surface area (Å²) in [5.41, 5.74) is 18.8. The first-order valence-electron chi connectivity index (χ1n) is 8.93. The summed E-state index contributed by atoms with van der Waals surface area (Å²) in [6.45, 7) is 0. The number of halogens is 1. The lowest BCUT2D eigenvalue weighted by atomic mass is 10.1. The summed E-state index contributed by atoms with van der Waals surface area (Å²) in [6.07, 6.45) is 0. The van der Waals surface area contributed by atoms with Crippen LogP contribution in [0.3, 0.4) is 0 Å². The molecule has 0 saturated carbocycles. The maximum Gasteiger partial charge on any atom is 0.266 e. The minimum Gasteiger partial charge on any atom is -0.398 e. The Hall–Kier alpha value is -4.33. The van der Waals surface area contributed by atoms with Crippen molar-refractivity contribution in [3.63, 3.8) is 0 Å². The Bertz CT molecular complexity index is 1110. The lowest BCUT2D eigenvalue weighted by Crippen LogP contribution is -2.24. The molecule has 7 nitrogen and oxygen atoms in total. The summed E-state index contributed by atoms with van der Waals surface area (Å²) in [4.78, 5) is 24.0. The number of hydrogen-bond acceptors (Lipinski definition) is 5. The monoisotopic (exact) mass is 405 g/mol. The van der Waals surface area contributed by atoms with Gasteiger partial charge in [-0.05, 0) is 54.6 Å². The topological polar surface area (TPSA) is 136 Å². The smallest absolute Gasteiger partial charge is 0.266 e. The van der Waals surface area contributed by atoms with Gasteiger partial charge < -0.3 is 27.8 Å². The van der Waals surface area contributed by atoms with E-state index in [4.69, 9.17) is 17.2 Å². The van der Waals surface area contributed by atoms with Gasteiger partial charge >= 0.3 is 0 Å². The van der Waals surface area contributed by atoms with E-state index in [-0.39, 0.29) is 28.6 Å². The molecule has 152 valence electrons. The highest BCUT2D eigenvalue weighted by atomic mass is 19.1. The molecule has 0 saturated heterocycles. The zero-order chi connectivity index (χ0) is 21.7. The Balaban J connectivity index is 1.85.